The third-order valence-electron chi connectivity index (χ3n) is 4.38. The zero-order valence-corrected chi connectivity index (χ0v) is 18.8. The number of aromatic amines is 1. The minimum atomic E-state index is -1.18. The molecule has 0 atom stereocenters. The van der Waals surface area contributed by atoms with Crippen LogP contribution in [0.25, 0.3) is 28.8 Å². The van der Waals surface area contributed by atoms with Crippen LogP contribution >= 0.6 is 35.0 Å². The molecule has 0 amide bonds. The van der Waals surface area contributed by atoms with Crippen LogP contribution in [0.2, 0.25) is 10.0 Å². The van der Waals surface area contributed by atoms with Gasteiger partial charge >= 0.3 is 11.9 Å². The minimum absolute atomic E-state index is 0.0643. The lowest BCUT2D eigenvalue weighted by molar-refractivity contribution is -0.131. The molecule has 0 bridgehead atoms. The van der Waals surface area contributed by atoms with Crippen LogP contribution in [0.1, 0.15) is 16.1 Å². The molecule has 0 radical (unpaired) electrons. The number of halogens is 2. The lowest BCUT2D eigenvalue weighted by atomic mass is 10.1. The van der Waals surface area contributed by atoms with Gasteiger partial charge < -0.3 is 14.6 Å². The number of furan rings is 1. The van der Waals surface area contributed by atoms with Gasteiger partial charge in [-0.25, -0.2) is 14.6 Å². The van der Waals surface area contributed by atoms with E-state index in [-0.39, 0.29) is 26.4 Å². The Balaban J connectivity index is 1.57. The number of carboxylic acid groups (broad SMARTS) is 2. The number of aromatic nitrogens is 3. The maximum Gasteiger partial charge on any atom is 0.342 e. The van der Waals surface area contributed by atoms with E-state index in [2.05, 4.69) is 15.2 Å². The van der Waals surface area contributed by atoms with Gasteiger partial charge in [-0.1, -0.05) is 23.2 Å². The molecule has 11 heteroatoms. The molecule has 2 aromatic heterocycles. The van der Waals surface area contributed by atoms with Gasteiger partial charge in [0.05, 0.1) is 10.6 Å². The number of nitrogens with one attached hydrogen (secondary N) is 1. The molecule has 0 aliphatic heterocycles. The van der Waals surface area contributed by atoms with Crippen molar-refractivity contribution in [3.8, 4) is 22.7 Å². The van der Waals surface area contributed by atoms with Gasteiger partial charge in [0.25, 0.3) is 0 Å². The molecule has 166 valence electrons. The maximum atomic E-state index is 11.8. The number of carbonyl (C=O) groups is 2. The minimum Gasteiger partial charge on any atom is -0.478 e. The fourth-order valence-corrected chi connectivity index (χ4v) is 3.83. The summed E-state index contributed by atoms with van der Waals surface area (Å²) in [4.78, 5) is 27.3. The molecule has 0 saturated heterocycles. The molecular formula is C22H13Cl2N3O5S. The first-order valence-electron chi connectivity index (χ1n) is 9.24. The molecule has 0 saturated carbocycles. The number of thioether (sulfide) groups is 1. The van der Waals surface area contributed by atoms with E-state index in [4.69, 9.17) is 27.6 Å². The van der Waals surface area contributed by atoms with E-state index in [9.17, 15) is 19.8 Å². The van der Waals surface area contributed by atoms with Gasteiger partial charge in [-0.15, -0.1) is 5.10 Å². The number of H-pyrrole nitrogens is 1. The Hall–Kier alpha value is -3.53. The predicted molar refractivity (Wildman–Crippen MR) is 124 cm³/mol. The first kappa shape index (κ1) is 22.7. The number of rotatable bonds is 7. The number of nitrogens with zero attached hydrogens (tertiary/aromatic N) is 2. The van der Waals surface area contributed by atoms with Gasteiger partial charge in [0.1, 0.15) is 16.4 Å². The van der Waals surface area contributed by atoms with E-state index in [1.807, 2.05) is 0 Å². The maximum absolute atomic E-state index is 11.8. The van der Waals surface area contributed by atoms with Crippen molar-refractivity contribution in [2.24, 2.45) is 0 Å². The van der Waals surface area contributed by atoms with Crippen LogP contribution in [0, 0.1) is 0 Å². The Morgan fingerprint density at radius 3 is 2.42 bits per heavy atom. The highest BCUT2D eigenvalue weighted by Gasteiger charge is 2.16. The van der Waals surface area contributed by atoms with Crippen molar-refractivity contribution >= 4 is 53.0 Å². The fourth-order valence-electron chi connectivity index (χ4n) is 2.82. The highest BCUT2D eigenvalue weighted by molar-refractivity contribution is 8.04. The molecule has 0 spiro atoms. The number of aliphatic carboxylic acids is 1. The van der Waals surface area contributed by atoms with E-state index in [0.717, 1.165) is 17.3 Å². The van der Waals surface area contributed by atoms with E-state index in [1.165, 1.54) is 18.2 Å². The first-order chi connectivity index (χ1) is 15.8. The average molecular weight is 502 g/mol. The number of hydrogen-bond acceptors (Lipinski definition) is 6. The molecule has 33 heavy (non-hydrogen) atoms. The molecule has 3 N–H and O–H groups in total. The Morgan fingerprint density at radius 2 is 1.73 bits per heavy atom. The fraction of sp³-hybridized carbons (Fsp3) is 0. The van der Waals surface area contributed by atoms with Gasteiger partial charge in [0.2, 0.25) is 5.16 Å². The van der Waals surface area contributed by atoms with Gasteiger partial charge in [-0.05, 0) is 66.4 Å². The normalized spacial score (nSPS) is 11.5. The molecule has 0 unspecified atom stereocenters. The number of carboxylic acids is 2. The average Bonchev–Trinajstić information content (AvgIpc) is 3.44. The van der Waals surface area contributed by atoms with Crippen LogP contribution in [-0.2, 0) is 4.79 Å². The molecule has 4 rings (SSSR count). The second-order valence-corrected chi connectivity index (χ2v) is 8.44. The van der Waals surface area contributed by atoms with Crippen LogP contribution in [0.3, 0.4) is 0 Å². The quantitative estimate of drug-likeness (QED) is 0.209. The summed E-state index contributed by atoms with van der Waals surface area (Å²) in [6.07, 6.45) is 1.34. The second kappa shape index (κ2) is 9.53. The molecule has 2 aromatic carbocycles. The Labute approximate surface area is 200 Å². The predicted octanol–water partition coefficient (Wildman–Crippen LogP) is 5.95. The molecule has 2 heterocycles. The second-order valence-electron chi connectivity index (χ2n) is 6.59. The number of aromatic carboxylic acids is 1. The summed E-state index contributed by atoms with van der Waals surface area (Å²) in [5.74, 6) is -1.26. The standard InChI is InChI=1S/C22H13Cl2N3O5S/c23-13-4-1-11(2-5-13)19-25-22(27-26-19)33-18(21(30)31)10-14-6-8-17(32-14)12-3-7-16(24)15(9-12)20(28)29/h1-10H,(H,28,29)(H,30,31)(H,25,26,27)/b18-10-. The van der Waals surface area contributed by atoms with Crippen LogP contribution in [0.5, 0.6) is 0 Å². The Morgan fingerprint density at radius 1 is 1.00 bits per heavy atom. The van der Waals surface area contributed by atoms with Crippen LogP contribution in [0.4, 0.5) is 0 Å². The van der Waals surface area contributed by atoms with E-state index >= 15 is 0 Å². The zero-order chi connectivity index (χ0) is 23.5. The molecule has 0 aliphatic carbocycles. The Bertz CT molecular complexity index is 1380. The summed E-state index contributed by atoms with van der Waals surface area (Å²) in [5, 5.41) is 26.6. The van der Waals surface area contributed by atoms with Gasteiger partial charge in [0, 0.05) is 22.2 Å². The SMILES string of the molecule is O=C(O)/C(=C/c1ccc(-c2ccc(Cl)c(C(=O)O)c2)o1)Sc1n[nH]c(-c2ccc(Cl)cc2)n1. The third kappa shape index (κ3) is 5.28. The van der Waals surface area contributed by atoms with Crippen molar-refractivity contribution in [2.45, 2.75) is 5.16 Å². The lowest BCUT2D eigenvalue weighted by Crippen LogP contribution is -1.97. The van der Waals surface area contributed by atoms with E-state index in [0.29, 0.717) is 22.2 Å². The summed E-state index contributed by atoms with van der Waals surface area (Å²) in [7, 11) is 0. The highest BCUT2D eigenvalue weighted by Crippen LogP contribution is 2.31. The summed E-state index contributed by atoms with van der Waals surface area (Å²) in [6, 6.07) is 14.6. The molecule has 0 fully saturated rings. The summed E-state index contributed by atoms with van der Waals surface area (Å²) in [5.41, 5.74) is 1.17. The summed E-state index contributed by atoms with van der Waals surface area (Å²) in [6.45, 7) is 0. The van der Waals surface area contributed by atoms with E-state index in [1.54, 1.807) is 42.5 Å². The van der Waals surface area contributed by atoms with Crippen molar-refractivity contribution in [3.63, 3.8) is 0 Å². The van der Waals surface area contributed by atoms with Crippen LogP contribution < -0.4 is 0 Å². The molecule has 8 nitrogen and oxygen atoms in total. The van der Waals surface area contributed by atoms with Crippen molar-refractivity contribution in [1.29, 1.82) is 0 Å². The topological polar surface area (TPSA) is 129 Å². The smallest absolute Gasteiger partial charge is 0.342 e. The molecular weight excluding hydrogens is 489 g/mol. The molecule has 0 aliphatic rings. The van der Waals surface area contributed by atoms with Crippen molar-refractivity contribution in [1.82, 2.24) is 15.2 Å². The van der Waals surface area contributed by atoms with Crippen LogP contribution in [-0.4, -0.2) is 37.3 Å². The summed E-state index contributed by atoms with van der Waals surface area (Å²) >= 11 is 12.6. The van der Waals surface area contributed by atoms with Gasteiger partial charge in [-0.3, -0.25) is 5.10 Å². The number of benzene rings is 2. The largest absolute Gasteiger partial charge is 0.478 e. The third-order valence-corrected chi connectivity index (χ3v) is 5.84. The highest BCUT2D eigenvalue weighted by atomic mass is 35.5. The summed E-state index contributed by atoms with van der Waals surface area (Å²) < 4.78 is 5.70. The van der Waals surface area contributed by atoms with Gasteiger partial charge in [-0.2, -0.15) is 0 Å². The zero-order valence-electron chi connectivity index (χ0n) is 16.5. The van der Waals surface area contributed by atoms with E-state index < -0.39 is 11.9 Å². The first-order valence-corrected chi connectivity index (χ1v) is 10.8. The van der Waals surface area contributed by atoms with Crippen molar-refractivity contribution in [3.05, 3.63) is 80.9 Å². The van der Waals surface area contributed by atoms with Gasteiger partial charge in [0.15, 0.2) is 5.82 Å². The van der Waals surface area contributed by atoms with Crippen molar-refractivity contribution in [2.75, 3.05) is 0 Å². The van der Waals surface area contributed by atoms with Crippen molar-refractivity contribution < 1.29 is 24.2 Å². The van der Waals surface area contributed by atoms with Crippen LogP contribution in [0.15, 0.2) is 69.1 Å². The lowest BCUT2D eigenvalue weighted by Gasteiger charge is -2.02. The Kier molecular flexibility index (Phi) is 6.55. The monoisotopic (exact) mass is 501 g/mol. The number of hydrogen-bond donors (Lipinski definition) is 3. The molecule has 4 aromatic rings.